The van der Waals surface area contributed by atoms with Crippen LogP contribution in [0, 0.1) is 0 Å². The number of nitrogens with one attached hydrogen (secondary N) is 1. The van der Waals surface area contributed by atoms with Crippen LogP contribution in [0.15, 0.2) is 24.3 Å². The van der Waals surface area contributed by atoms with Crippen LogP contribution in [0.2, 0.25) is 0 Å². The Labute approximate surface area is 98.7 Å². The average Bonchev–Trinajstić information content (AvgIpc) is 2.29. The second kappa shape index (κ2) is 6.43. The Morgan fingerprint density at radius 2 is 1.94 bits per heavy atom. The minimum Gasteiger partial charge on any atom is -0.384 e. The van der Waals surface area contributed by atoms with Crippen molar-refractivity contribution >= 4 is 22.3 Å². The molecule has 0 aliphatic carbocycles. The van der Waals surface area contributed by atoms with Gasteiger partial charge in [0.05, 0.1) is 0 Å². The zero-order valence-corrected chi connectivity index (χ0v) is 10.5. The Balaban J connectivity index is 2.43. The Kier molecular flexibility index (Phi) is 5.19. The molecule has 0 bridgehead atoms. The van der Waals surface area contributed by atoms with E-state index >= 15 is 0 Å². The minimum absolute atomic E-state index is 0.0682. The molecule has 1 rings (SSSR count). The van der Waals surface area contributed by atoms with E-state index in [1.807, 2.05) is 19.1 Å². The van der Waals surface area contributed by atoms with Crippen molar-refractivity contribution in [3.63, 3.8) is 0 Å². The Hall–Kier alpha value is -1.16. The SMILES string of the molecule is CCS(=O)CCNc1ccc(C(C)=O)cc1. The molecule has 0 aliphatic rings. The highest BCUT2D eigenvalue weighted by molar-refractivity contribution is 7.84. The van der Waals surface area contributed by atoms with E-state index in [0.717, 1.165) is 5.69 Å². The fourth-order valence-electron chi connectivity index (χ4n) is 1.28. The first-order valence-electron chi connectivity index (χ1n) is 5.33. The molecule has 88 valence electrons. The highest BCUT2D eigenvalue weighted by atomic mass is 32.2. The number of hydrogen-bond donors (Lipinski definition) is 1. The van der Waals surface area contributed by atoms with Crippen LogP contribution in [-0.2, 0) is 10.8 Å². The second-order valence-corrected chi connectivity index (χ2v) is 5.36. The summed E-state index contributed by atoms with van der Waals surface area (Å²) in [6, 6.07) is 7.32. The molecule has 1 aromatic rings. The smallest absolute Gasteiger partial charge is 0.159 e. The predicted molar refractivity (Wildman–Crippen MR) is 68.5 cm³/mol. The van der Waals surface area contributed by atoms with Gasteiger partial charge in [-0.05, 0) is 31.2 Å². The molecule has 0 heterocycles. The third-order valence-electron chi connectivity index (χ3n) is 2.27. The monoisotopic (exact) mass is 239 g/mol. The maximum atomic E-state index is 11.2. The van der Waals surface area contributed by atoms with Crippen molar-refractivity contribution in [2.45, 2.75) is 13.8 Å². The molecule has 0 spiro atoms. The minimum atomic E-state index is -0.729. The normalized spacial score (nSPS) is 12.1. The number of hydrogen-bond acceptors (Lipinski definition) is 3. The lowest BCUT2D eigenvalue weighted by Crippen LogP contribution is -2.11. The Morgan fingerprint density at radius 1 is 1.31 bits per heavy atom. The fraction of sp³-hybridized carbons (Fsp3) is 0.417. The molecule has 1 aromatic carbocycles. The molecule has 3 nitrogen and oxygen atoms in total. The number of carbonyl (C=O) groups excluding carboxylic acids is 1. The number of benzene rings is 1. The van der Waals surface area contributed by atoms with E-state index in [1.165, 1.54) is 0 Å². The summed E-state index contributed by atoms with van der Waals surface area (Å²) in [4.78, 5) is 11.0. The quantitative estimate of drug-likeness (QED) is 0.773. The van der Waals surface area contributed by atoms with Gasteiger partial charge in [0.1, 0.15) is 0 Å². The van der Waals surface area contributed by atoms with Gasteiger partial charge in [0.2, 0.25) is 0 Å². The third-order valence-corrected chi connectivity index (χ3v) is 3.58. The Morgan fingerprint density at radius 3 is 2.44 bits per heavy atom. The van der Waals surface area contributed by atoms with Gasteiger partial charge in [-0.2, -0.15) is 0 Å². The maximum absolute atomic E-state index is 11.2. The molecule has 16 heavy (non-hydrogen) atoms. The molecule has 1 atom stereocenters. The van der Waals surface area contributed by atoms with Gasteiger partial charge in [0, 0.05) is 40.1 Å². The summed E-state index contributed by atoms with van der Waals surface area (Å²) >= 11 is 0. The predicted octanol–water partition coefficient (Wildman–Crippen LogP) is 2.07. The number of Topliss-reactive ketones (excluding diaryl/α,β-unsaturated/α-hetero) is 1. The summed E-state index contributed by atoms with van der Waals surface area (Å²) in [6.45, 7) is 4.16. The largest absolute Gasteiger partial charge is 0.384 e. The van der Waals surface area contributed by atoms with Crippen LogP contribution in [0.25, 0.3) is 0 Å². The van der Waals surface area contributed by atoms with Crippen molar-refractivity contribution in [3.05, 3.63) is 29.8 Å². The lowest BCUT2D eigenvalue weighted by molar-refractivity contribution is 0.101. The summed E-state index contributed by atoms with van der Waals surface area (Å²) in [5.74, 6) is 1.43. The van der Waals surface area contributed by atoms with Gasteiger partial charge in [0.15, 0.2) is 5.78 Å². The summed E-state index contributed by atoms with van der Waals surface area (Å²) in [5.41, 5.74) is 1.67. The van der Waals surface area contributed by atoms with Crippen LogP contribution in [0.1, 0.15) is 24.2 Å². The van der Waals surface area contributed by atoms with Gasteiger partial charge in [-0.3, -0.25) is 9.00 Å². The number of rotatable bonds is 6. The molecular formula is C12H17NO2S. The average molecular weight is 239 g/mol. The maximum Gasteiger partial charge on any atom is 0.159 e. The van der Waals surface area contributed by atoms with E-state index in [-0.39, 0.29) is 5.78 Å². The number of ketones is 1. The van der Waals surface area contributed by atoms with E-state index < -0.39 is 10.8 Å². The topological polar surface area (TPSA) is 46.2 Å². The van der Waals surface area contributed by atoms with E-state index in [1.54, 1.807) is 19.1 Å². The van der Waals surface area contributed by atoms with Gasteiger partial charge in [-0.15, -0.1) is 0 Å². The van der Waals surface area contributed by atoms with Crippen LogP contribution in [0.4, 0.5) is 5.69 Å². The first-order valence-corrected chi connectivity index (χ1v) is 6.82. The lowest BCUT2D eigenvalue weighted by Gasteiger charge is -2.06. The standard InChI is InChI=1S/C12H17NO2S/c1-3-16(15)9-8-13-12-6-4-11(5-7-12)10(2)14/h4-7,13H,3,8-9H2,1-2H3. The summed E-state index contributed by atoms with van der Waals surface area (Å²) in [6.07, 6.45) is 0. The summed E-state index contributed by atoms with van der Waals surface area (Å²) < 4.78 is 11.2. The number of carbonyl (C=O) groups is 1. The van der Waals surface area contributed by atoms with Crippen LogP contribution in [0.5, 0.6) is 0 Å². The molecule has 0 amide bonds. The molecule has 0 radical (unpaired) electrons. The van der Waals surface area contributed by atoms with Crippen molar-refractivity contribution in [1.29, 1.82) is 0 Å². The van der Waals surface area contributed by atoms with Crippen molar-refractivity contribution < 1.29 is 9.00 Å². The van der Waals surface area contributed by atoms with Crippen LogP contribution < -0.4 is 5.32 Å². The highest BCUT2D eigenvalue weighted by Gasteiger charge is 1.99. The molecule has 0 aromatic heterocycles. The molecule has 0 aliphatic heterocycles. The van der Waals surface area contributed by atoms with Gasteiger partial charge in [0.25, 0.3) is 0 Å². The van der Waals surface area contributed by atoms with Crippen molar-refractivity contribution in [2.75, 3.05) is 23.4 Å². The first-order chi connectivity index (χ1) is 7.63. The van der Waals surface area contributed by atoms with Crippen LogP contribution in [-0.4, -0.2) is 28.0 Å². The second-order valence-electron chi connectivity index (χ2n) is 3.49. The molecule has 0 fully saturated rings. The third kappa shape index (κ3) is 4.14. The van der Waals surface area contributed by atoms with Crippen molar-refractivity contribution in [3.8, 4) is 0 Å². The molecule has 0 saturated heterocycles. The molecule has 0 saturated carbocycles. The summed E-state index contributed by atoms with van der Waals surface area (Å²) in [7, 11) is -0.729. The molecular weight excluding hydrogens is 222 g/mol. The zero-order chi connectivity index (χ0) is 12.0. The van der Waals surface area contributed by atoms with E-state index in [4.69, 9.17) is 0 Å². The van der Waals surface area contributed by atoms with Crippen LogP contribution in [0.3, 0.4) is 0 Å². The molecule has 1 N–H and O–H groups in total. The molecule has 1 unspecified atom stereocenters. The summed E-state index contributed by atoms with van der Waals surface area (Å²) in [5, 5.41) is 3.17. The van der Waals surface area contributed by atoms with Gasteiger partial charge < -0.3 is 5.32 Å². The van der Waals surface area contributed by atoms with Crippen molar-refractivity contribution in [2.24, 2.45) is 0 Å². The Bertz CT molecular complexity index is 373. The van der Waals surface area contributed by atoms with E-state index in [9.17, 15) is 9.00 Å². The van der Waals surface area contributed by atoms with Crippen molar-refractivity contribution in [1.82, 2.24) is 0 Å². The van der Waals surface area contributed by atoms with Crippen LogP contribution >= 0.6 is 0 Å². The van der Waals surface area contributed by atoms with Gasteiger partial charge >= 0.3 is 0 Å². The first kappa shape index (κ1) is 12.9. The molecule has 4 heteroatoms. The van der Waals surface area contributed by atoms with Gasteiger partial charge in [-0.25, -0.2) is 0 Å². The van der Waals surface area contributed by atoms with E-state index in [0.29, 0.717) is 23.6 Å². The van der Waals surface area contributed by atoms with Gasteiger partial charge in [-0.1, -0.05) is 6.92 Å². The zero-order valence-electron chi connectivity index (χ0n) is 9.66. The fourth-order valence-corrected chi connectivity index (χ4v) is 1.89. The highest BCUT2D eigenvalue weighted by Crippen LogP contribution is 2.09. The lowest BCUT2D eigenvalue weighted by atomic mass is 10.1. The number of anilines is 1. The van der Waals surface area contributed by atoms with E-state index in [2.05, 4.69) is 5.32 Å².